The lowest BCUT2D eigenvalue weighted by Crippen LogP contribution is -2.74. The van der Waals surface area contributed by atoms with Crippen molar-refractivity contribution in [3.63, 3.8) is 0 Å². The monoisotopic (exact) mass is 371 g/mol. The smallest absolute Gasteiger partial charge is 0.433 e. The molecule has 9 heteroatoms. The number of rotatable bonds is 4. The van der Waals surface area contributed by atoms with E-state index >= 15 is 0 Å². The maximum Gasteiger partial charge on any atom is 0.468 e. The van der Waals surface area contributed by atoms with Crippen LogP contribution in [0.2, 0.25) is 0 Å². The molecule has 0 spiro atoms. The van der Waals surface area contributed by atoms with Crippen molar-refractivity contribution in [1.29, 1.82) is 0 Å². The SMILES string of the molecule is CCOC1CC(N)(C(=O)Nc2ccc3oc(C(F)(F)F)nc3c2)C1(C)C. The highest BCUT2D eigenvalue weighted by atomic mass is 19.4. The van der Waals surface area contributed by atoms with Crippen LogP contribution in [0.1, 0.15) is 33.1 Å². The van der Waals surface area contributed by atoms with E-state index in [4.69, 9.17) is 10.5 Å². The summed E-state index contributed by atoms with van der Waals surface area (Å²) in [5, 5.41) is 2.66. The zero-order valence-electron chi connectivity index (χ0n) is 14.6. The van der Waals surface area contributed by atoms with E-state index in [2.05, 4.69) is 14.7 Å². The Hall–Kier alpha value is -2.13. The number of alkyl halides is 3. The summed E-state index contributed by atoms with van der Waals surface area (Å²) in [4.78, 5) is 16.1. The van der Waals surface area contributed by atoms with Crippen molar-refractivity contribution in [3.05, 3.63) is 24.1 Å². The first kappa shape index (κ1) is 18.7. The minimum absolute atomic E-state index is 0.00117. The fourth-order valence-corrected chi connectivity index (χ4v) is 3.19. The molecule has 3 N–H and O–H groups in total. The van der Waals surface area contributed by atoms with Crippen LogP contribution in [0.3, 0.4) is 0 Å². The fourth-order valence-electron chi connectivity index (χ4n) is 3.19. The molecule has 1 fully saturated rings. The van der Waals surface area contributed by atoms with Gasteiger partial charge in [0, 0.05) is 24.1 Å². The van der Waals surface area contributed by atoms with Crippen molar-refractivity contribution < 1.29 is 27.1 Å². The van der Waals surface area contributed by atoms with Gasteiger partial charge in [-0.05, 0) is 25.1 Å². The molecule has 0 aliphatic heterocycles. The van der Waals surface area contributed by atoms with Crippen LogP contribution in [0, 0.1) is 5.41 Å². The molecule has 1 aliphatic rings. The van der Waals surface area contributed by atoms with Gasteiger partial charge in [0.25, 0.3) is 0 Å². The molecule has 2 aromatic rings. The van der Waals surface area contributed by atoms with Crippen molar-refractivity contribution in [2.24, 2.45) is 11.1 Å². The van der Waals surface area contributed by atoms with Crippen LogP contribution >= 0.6 is 0 Å². The number of oxazole rings is 1. The fraction of sp³-hybridized carbons (Fsp3) is 0.529. The molecule has 1 heterocycles. The highest BCUT2D eigenvalue weighted by Gasteiger charge is 2.62. The minimum Gasteiger partial charge on any atom is -0.433 e. The van der Waals surface area contributed by atoms with Gasteiger partial charge in [0.1, 0.15) is 11.1 Å². The summed E-state index contributed by atoms with van der Waals surface area (Å²) in [7, 11) is 0. The van der Waals surface area contributed by atoms with Crippen molar-refractivity contribution >= 4 is 22.7 Å². The van der Waals surface area contributed by atoms with Crippen LogP contribution in [0.25, 0.3) is 11.1 Å². The number of hydrogen-bond donors (Lipinski definition) is 2. The number of nitrogens with zero attached hydrogens (tertiary/aromatic N) is 1. The number of nitrogens with two attached hydrogens (primary N) is 1. The summed E-state index contributed by atoms with van der Waals surface area (Å²) >= 11 is 0. The van der Waals surface area contributed by atoms with Gasteiger partial charge in [0.05, 0.1) is 6.10 Å². The van der Waals surface area contributed by atoms with Crippen LogP contribution in [0.5, 0.6) is 0 Å². The lowest BCUT2D eigenvalue weighted by atomic mass is 9.54. The predicted octanol–water partition coefficient (Wildman–Crippen LogP) is 3.32. The van der Waals surface area contributed by atoms with Crippen LogP contribution in [-0.4, -0.2) is 29.1 Å². The second-order valence-corrected chi connectivity index (χ2v) is 6.99. The molecule has 2 unspecified atom stereocenters. The number of amides is 1. The Morgan fingerprint density at radius 2 is 2.15 bits per heavy atom. The molecule has 1 saturated carbocycles. The highest BCUT2D eigenvalue weighted by Crippen LogP contribution is 2.50. The standard InChI is InChI=1S/C17H20F3N3O3/c1-4-25-12-8-16(21,15(12,2)3)13(24)22-9-5-6-11-10(7-9)23-14(26-11)17(18,19)20/h5-7,12H,4,8,21H2,1-3H3,(H,22,24). The van der Waals surface area contributed by atoms with Gasteiger partial charge in [-0.15, -0.1) is 0 Å². The first-order chi connectivity index (χ1) is 12.0. The number of carbonyl (C=O) groups excluding carboxylic acids is 1. The van der Waals surface area contributed by atoms with Gasteiger partial charge in [-0.2, -0.15) is 13.2 Å². The number of fused-ring (bicyclic) bond motifs is 1. The maximum atomic E-state index is 12.7. The molecule has 0 saturated heterocycles. The second kappa shape index (κ2) is 5.95. The molecule has 142 valence electrons. The van der Waals surface area contributed by atoms with Gasteiger partial charge in [0.15, 0.2) is 5.58 Å². The normalized spacial score (nSPS) is 25.1. The maximum absolute atomic E-state index is 12.7. The van der Waals surface area contributed by atoms with Crippen molar-refractivity contribution in [1.82, 2.24) is 4.98 Å². The molecule has 6 nitrogen and oxygen atoms in total. The Bertz CT molecular complexity index is 847. The Kier molecular flexibility index (Phi) is 4.27. The summed E-state index contributed by atoms with van der Waals surface area (Å²) in [6.45, 7) is 6.10. The summed E-state index contributed by atoms with van der Waals surface area (Å²) in [5.74, 6) is -1.75. The highest BCUT2D eigenvalue weighted by molar-refractivity contribution is 6.00. The summed E-state index contributed by atoms with van der Waals surface area (Å²) in [6.07, 6.45) is -4.44. The molecule has 0 bridgehead atoms. The molecule has 2 atom stereocenters. The van der Waals surface area contributed by atoms with E-state index in [1.54, 1.807) is 0 Å². The Balaban J connectivity index is 1.80. The van der Waals surface area contributed by atoms with Gasteiger partial charge in [0.2, 0.25) is 5.91 Å². The molecule has 0 radical (unpaired) electrons. The lowest BCUT2D eigenvalue weighted by molar-refractivity contribution is -0.166. The van der Waals surface area contributed by atoms with E-state index in [0.717, 1.165) is 0 Å². The minimum atomic E-state index is -4.67. The molecule has 26 heavy (non-hydrogen) atoms. The Morgan fingerprint density at radius 1 is 1.46 bits per heavy atom. The molecule has 1 aliphatic carbocycles. The topological polar surface area (TPSA) is 90.4 Å². The van der Waals surface area contributed by atoms with Gasteiger partial charge in [-0.3, -0.25) is 4.79 Å². The van der Waals surface area contributed by atoms with Crippen LogP contribution < -0.4 is 11.1 Å². The molecule has 3 rings (SSSR count). The summed E-state index contributed by atoms with van der Waals surface area (Å²) < 4.78 is 48.3. The first-order valence-corrected chi connectivity index (χ1v) is 8.19. The Morgan fingerprint density at radius 3 is 2.73 bits per heavy atom. The predicted molar refractivity (Wildman–Crippen MR) is 88.4 cm³/mol. The number of benzene rings is 1. The van der Waals surface area contributed by atoms with Crippen LogP contribution in [0.4, 0.5) is 18.9 Å². The van der Waals surface area contributed by atoms with E-state index in [1.807, 2.05) is 20.8 Å². The average molecular weight is 371 g/mol. The van der Waals surface area contributed by atoms with Gasteiger partial charge < -0.3 is 20.2 Å². The second-order valence-electron chi connectivity index (χ2n) is 6.99. The third-order valence-corrected chi connectivity index (χ3v) is 5.12. The van der Waals surface area contributed by atoms with Crippen molar-refractivity contribution in [2.75, 3.05) is 11.9 Å². The van der Waals surface area contributed by atoms with Crippen molar-refractivity contribution in [2.45, 2.75) is 45.0 Å². The van der Waals surface area contributed by atoms with E-state index in [1.165, 1.54) is 18.2 Å². The lowest BCUT2D eigenvalue weighted by Gasteiger charge is -2.57. The average Bonchev–Trinajstić information content (AvgIpc) is 2.98. The van der Waals surface area contributed by atoms with E-state index < -0.39 is 28.9 Å². The third kappa shape index (κ3) is 2.84. The van der Waals surface area contributed by atoms with E-state index in [0.29, 0.717) is 18.7 Å². The van der Waals surface area contributed by atoms with Gasteiger partial charge in [-0.25, -0.2) is 4.98 Å². The largest absolute Gasteiger partial charge is 0.468 e. The third-order valence-electron chi connectivity index (χ3n) is 5.12. The van der Waals surface area contributed by atoms with Crippen LogP contribution in [0.15, 0.2) is 22.6 Å². The van der Waals surface area contributed by atoms with Crippen LogP contribution in [-0.2, 0) is 15.7 Å². The number of anilines is 1. The summed E-state index contributed by atoms with van der Waals surface area (Å²) in [6, 6.07) is 4.09. The number of halogens is 3. The van der Waals surface area contributed by atoms with Gasteiger partial charge in [-0.1, -0.05) is 13.8 Å². The molecule has 1 aromatic heterocycles. The quantitative estimate of drug-likeness (QED) is 0.860. The van der Waals surface area contributed by atoms with Crippen molar-refractivity contribution in [3.8, 4) is 0 Å². The zero-order chi connectivity index (χ0) is 19.3. The number of nitrogens with one attached hydrogen (secondary N) is 1. The molecule has 1 amide bonds. The van der Waals surface area contributed by atoms with E-state index in [-0.39, 0.29) is 17.2 Å². The first-order valence-electron chi connectivity index (χ1n) is 8.19. The zero-order valence-corrected chi connectivity index (χ0v) is 14.6. The number of aromatic nitrogens is 1. The molecular formula is C17H20F3N3O3. The number of ether oxygens (including phenoxy) is 1. The molecular weight excluding hydrogens is 351 g/mol. The summed E-state index contributed by atoms with van der Waals surface area (Å²) in [5.41, 5.74) is 4.86. The Labute approximate surface area is 147 Å². The van der Waals surface area contributed by atoms with E-state index in [9.17, 15) is 18.0 Å². The number of hydrogen-bond acceptors (Lipinski definition) is 5. The van der Waals surface area contributed by atoms with Gasteiger partial charge >= 0.3 is 12.1 Å². The number of carbonyl (C=O) groups is 1. The molecule has 1 aromatic carbocycles.